The number of amides is 1. The van der Waals surface area contributed by atoms with Gasteiger partial charge in [-0.3, -0.25) is 9.36 Å². The van der Waals surface area contributed by atoms with Crippen LogP contribution in [-0.4, -0.2) is 26.5 Å². The first-order valence-electron chi connectivity index (χ1n) is 9.61. The molecule has 2 aliphatic rings. The zero-order valence-corrected chi connectivity index (χ0v) is 17.7. The number of nitrogens with one attached hydrogen (secondary N) is 1. The first-order valence-corrected chi connectivity index (χ1v) is 9.61. The topological polar surface area (TPSA) is 85.8 Å². The maximum Gasteiger partial charge on any atom is 0.223 e. The second-order valence-corrected chi connectivity index (χ2v) is 7.75. The van der Waals surface area contributed by atoms with Crippen LogP contribution in [0.3, 0.4) is 0 Å². The highest BCUT2D eigenvalue weighted by atomic mass is 35.5. The van der Waals surface area contributed by atoms with E-state index >= 15 is 0 Å². The van der Waals surface area contributed by atoms with Crippen LogP contribution in [0.5, 0.6) is 0 Å². The minimum absolute atomic E-state index is 0. The van der Waals surface area contributed by atoms with Gasteiger partial charge in [0.05, 0.1) is 0 Å². The summed E-state index contributed by atoms with van der Waals surface area (Å²) in [4.78, 5) is 21.5. The normalized spacial score (nSPS) is 25.9. The Morgan fingerprint density at radius 1 is 1.21 bits per heavy atom. The van der Waals surface area contributed by atoms with E-state index in [0.717, 1.165) is 30.0 Å². The zero-order chi connectivity index (χ0) is 18.1. The van der Waals surface area contributed by atoms with Gasteiger partial charge in [-0.25, -0.2) is 9.97 Å². The number of aromatic nitrogens is 3. The standard InChI is InChI=1S/C20H27N5O.2ClH/c1-13-22-8-9-25(13)19-16(6-3-7-23-19)12-24-20(26)17-10-14-4-2-5-15(11-17)18(14)21;;/h3,6-9,14-15,17-18H,2,4-5,10-12,21H2,1H3,(H,24,26);2*1H. The lowest BCUT2D eigenvalue weighted by Gasteiger charge is -2.43. The molecule has 28 heavy (non-hydrogen) atoms. The molecule has 1 amide bonds. The van der Waals surface area contributed by atoms with Crippen molar-refractivity contribution in [3.63, 3.8) is 0 Å². The van der Waals surface area contributed by atoms with Gasteiger partial charge < -0.3 is 11.1 Å². The van der Waals surface area contributed by atoms with E-state index in [4.69, 9.17) is 5.73 Å². The number of imidazole rings is 1. The highest BCUT2D eigenvalue weighted by Gasteiger charge is 2.40. The summed E-state index contributed by atoms with van der Waals surface area (Å²) in [6.45, 7) is 2.43. The summed E-state index contributed by atoms with van der Waals surface area (Å²) >= 11 is 0. The molecular weight excluding hydrogens is 397 g/mol. The molecular formula is C20H29Cl2N5O. The van der Waals surface area contributed by atoms with Gasteiger partial charge in [-0.2, -0.15) is 0 Å². The van der Waals surface area contributed by atoms with E-state index in [0.29, 0.717) is 24.4 Å². The van der Waals surface area contributed by atoms with Gasteiger partial charge in [0.2, 0.25) is 5.91 Å². The molecule has 0 radical (unpaired) electrons. The number of nitrogens with zero attached hydrogens (tertiary/aromatic N) is 3. The van der Waals surface area contributed by atoms with Crippen molar-refractivity contribution in [2.45, 2.75) is 51.6 Å². The van der Waals surface area contributed by atoms with Crippen LogP contribution in [0, 0.1) is 24.7 Å². The molecule has 8 heteroatoms. The molecule has 2 saturated carbocycles. The SMILES string of the molecule is Cc1nccn1-c1ncccc1CNC(=O)C1CC2CCCC(C1)C2N.Cl.Cl. The number of aryl methyl sites for hydroxylation is 1. The van der Waals surface area contributed by atoms with E-state index in [2.05, 4.69) is 15.3 Å². The average Bonchev–Trinajstić information content (AvgIpc) is 3.05. The van der Waals surface area contributed by atoms with Crippen LogP contribution in [0.25, 0.3) is 5.82 Å². The number of carbonyl (C=O) groups is 1. The second kappa shape index (κ2) is 9.72. The molecule has 154 valence electrons. The van der Waals surface area contributed by atoms with Crippen molar-refractivity contribution < 1.29 is 4.79 Å². The molecule has 2 heterocycles. The third-order valence-corrected chi connectivity index (χ3v) is 6.16. The molecule has 0 saturated heterocycles. The van der Waals surface area contributed by atoms with Crippen molar-refractivity contribution in [1.29, 1.82) is 0 Å². The lowest BCUT2D eigenvalue weighted by molar-refractivity contribution is -0.128. The van der Waals surface area contributed by atoms with Gasteiger partial charge in [0.25, 0.3) is 0 Å². The Morgan fingerprint density at radius 2 is 1.93 bits per heavy atom. The third kappa shape index (κ3) is 4.50. The van der Waals surface area contributed by atoms with E-state index in [-0.39, 0.29) is 36.6 Å². The van der Waals surface area contributed by atoms with Crippen molar-refractivity contribution in [3.05, 3.63) is 42.1 Å². The smallest absolute Gasteiger partial charge is 0.223 e. The Kier molecular flexibility index (Phi) is 7.87. The molecule has 0 aliphatic heterocycles. The first-order chi connectivity index (χ1) is 12.6. The zero-order valence-electron chi connectivity index (χ0n) is 16.1. The molecule has 2 aliphatic carbocycles. The van der Waals surface area contributed by atoms with Crippen LogP contribution in [0.2, 0.25) is 0 Å². The average molecular weight is 426 g/mol. The lowest BCUT2D eigenvalue weighted by atomic mass is 9.65. The number of pyridine rings is 1. The largest absolute Gasteiger partial charge is 0.352 e. The molecule has 2 bridgehead atoms. The molecule has 6 nitrogen and oxygen atoms in total. The fourth-order valence-electron chi connectivity index (χ4n) is 4.72. The Hall–Kier alpha value is -1.63. The van der Waals surface area contributed by atoms with Crippen LogP contribution in [-0.2, 0) is 11.3 Å². The van der Waals surface area contributed by atoms with Gasteiger partial charge in [0, 0.05) is 42.7 Å². The molecule has 0 aromatic carbocycles. The maximum absolute atomic E-state index is 12.8. The van der Waals surface area contributed by atoms with Gasteiger partial charge in [0.15, 0.2) is 0 Å². The number of carbonyl (C=O) groups excluding carboxylic acids is 1. The van der Waals surface area contributed by atoms with Gasteiger partial charge in [-0.15, -0.1) is 24.8 Å². The Morgan fingerprint density at radius 3 is 2.57 bits per heavy atom. The Balaban J connectivity index is 0.00000140. The predicted molar refractivity (Wildman–Crippen MR) is 114 cm³/mol. The summed E-state index contributed by atoms with van der Waals surface area (Å²) in [6.07, 6.45) is 10.9. The number of rotatable bonds is 4. The minimum atomic E-state index is 0. The molecule has 0 spiro atoms. The monoisotopic (exact) mass is 425 g/mol. The Labute approximate surface area is 178 Å². The summed E-state index contributed by atoms with van der Waals surface area (Å²) in [5.74, 6) is 2.99. The van der Waals surface area contributed by atoms with Crippen LogP contribution in [0.4, 0.5) is 0 Å². The van der Waals surface area contributed by atoms with Gasteiger partial charge in [-0.1, -0.05) is 12.5 Å². The van der Waals surface area contributed by atoms with Crippen molar-refractivity contribution in [1.82, 2.24) is 19.9 Å². The van der Waals surface area contributed by atoms with E-state index in [1.54, 1.807) is 12.4 Å². The van der Waals surface area contributed by atoms with Gasteiger partial charge in [-0.05, 0) is 50.5 Å². The van der Waals surface area contributed by atoms with Gasteiger partial charge >= 0.3 is 0 Å². The highest BCUT2D eigenvalue weighted by molar-refractivity contribution is 5.85. The fraction of sp³-hybridized carbons (Fsp3) is 0.550. The van der Waals surface area contributed by atoms with Crippen LogP contribution < -0.4 is 11.1 Å². The second-order valence-electron chi connectivity index (χ2n) is 7.75. The first kappa shape index (κ1) is 22.7. The number of nitrogens with two attached hydrogens (primary N) is 1. The summed E-state index contributed by atoms with van der Waals surface area (Å²) in [5.41, 5.74) is 7.35. The summed E-state index contributed by atoms with van der Waals surface area (Å²) in [5, 5.41) is 3.14. The molecule has 2 fully saturated rings. The van der Waals surface area contributed by atoms with Crippen molar-refractivity contribution >= 4 is 30.7 Å². The van der Waals surface area contributed by atoms with Crippen molar-refractivity contribution in [2.24, 2.45) is 23.5 Å². The molecule has 4 rings (SSSR count). The summed E-state index contributed by atoms with van der Waals surface area (Å²) in [7, 11) is 0. The molecule has 2 aromatic heterocycles. The molecule has 2 unspecified atom stereocenters. The van der Waals surface area contributed by atoms with E-state index < -0.39 is 0 Å². The molecule has 2 aromatic rings. The van der Waals surface area contributed by atoms with Crippen LogP contribution >= 0.6 is 24.8 Å². The lowest BCUT2D eigenvalue weighted by Crippen LogP contribution is -2.49. The number of fused-ring (bicyclic) bond motifs is 2. The molecule has 2 atom stereocenters. The van der Waals surface area contributed by atoms with E-state index in [1.807, 2.05) is 29.8 Å². The predicted octanol–water partition coefficient (Wildman–Crippen LogP) is 3.19. The third-order valence-electron chi connectivity index (χ3n) is 6.16. The van der Waals surface area contributed by atoms with Gasteiger partial charge in [0.1, 0.15) is 11.6 Å². The number of hydrogen-bond acceptors (Lipinski definition) is 4. The maximum atomic E-state index is 12.8. The fourth-order valence-corrected chi connectivity index (χ4v) is 4.72. The summed E-state index contributed by atoms with van der Waals surface area (Å²) < 4.78 is 1.95. The Bertz CT molecular complexity index is 782. The highest BCUT2D eigenvalue weighted by Crippen LogP contribution is 2.41. The van der Waals surface area contributed by atoms with E-state index in [1.165, 1.54) is 19.3 Å². The van der Waals surface area contributed by atoms with Crippen LogP contribution in [0.1, 0.15) is 43.5 Å². The van der Waals surface area contributed by atoms with E-state index in [9.17, 15) is 4.79 Å². The quantitative estimate of drug-likeness (QED) is 0.787. The number of hydrogen-bond donors (Lipinski definition) is 2. The van der Waals surface area contributed by atoms with Crippen molar-refractivity contribution in [2.75, 3.05) is 0 Å². The molecule has 3 N–H and O–H groups in total. The van der Waals surface area contributed by atoms with Crippen molar-refractivity contribution in [3.8, 4) is 5.82 Å². The summed E-state index contributed by atoms with van der Waals surface area (Å²) in [6, 6.07) is 4.21. The number of halogens is 2. The minimum Gasteiger partial charge on any atom is -0.352 e. The van der Waals surface area contributed by atoms with Crippen LogP contribution in [0.15, 0.2) is 30.7 Å².